The SMILES string of the molecule is O=C(NCc1nnc2ccccn12)N1CCC(Oc2ccc(Cl)cc2)C1. The predicted octanol–water partition coefficient (Wildman–Crippen LogP) is 2.75. The summed E-state index contributed by atoms with van der Waals surface area (Å²) in [4.78, 5) is 14.2. The van der Waals surface area contributed by atoms with Crippen LogP contribution in [0, 0.1) is 0 Å². The number of amides is 2. The van der Waals surface area contributed by atoms with Crippen LogP contribution >= 0.6 is 11.6 Å². The van der Waals surface area contributed by atoms with Crippen molar-refractivity contribution in [2.75, 3.05) is 13.1 Å². The fourth-order valence-electron chi connectivity index (χ4n) is 2.99. The minimum atomic E-state index is -0.125. The first kappa shape index (κ1) is 16.7. The quantitative estimate of drug-likeness (QED) is 0.765. The van der Waals surface area contributed by atoms with Crippen LogP contribution < -0.4 is 10.1 Å². The number of nitrogens with one attached hydrogen (secondary N) is 1. The summed E-state index contributed by atoms with van der Waals surface area (Å²) in [5.74, 6) is 1.46. The molecule has 1 N–H and O–H groups in total. The van der Waals surface area contributed by atoms with Crippen molar-refractivity contribution in [2.24, 2.45) is 0 Å². The number of carbonyl (C=O) groups excluding carboxylic acids is 1. The maximum atomic E-state index is 12.4. The van der Waals surface area contributed by atoms with Gasteiger partial charge in [-0.05, 0) is 36.4 Å². The highest BCUT2D eigenvalue weighted by molar-refractivity contribution is 6.30. The molecule has 1 fully saturated rings. The van der Waals surface area contributed by atoms with Crippen molar-refractivity contribution >= 4 is 23.3 Å². The van der Waals surface area contributed by atoms with Crippen LogP contribution in [0.3, 0.4) is 0 Å². The molecule has 1 unspecified atom stereocenters. The van der Waals surface area contributed by atoms with Crippen LogP contribution in [0.2, 0.25) is 5.02 Å². The van der Waals surface area contributed by atoms with Gasteiger partial charge in [0.05, 0.1) is 13.1 Å². The van der Waals surface area contributed by atoms with Gasteiger partial charge in [-0.2, -0.15) is 0 Å². The molecule has 0 bridgehead atoms. The molecule has 3 heterocycles. The summed E-state index contributed by atoms with van der Waals surface area (Å²) in [6, 6.07) is 12.8. The standard InChI is InChI=1S/C18H18ClN5O2/c19-13-4-6-14(7-5-13)26-15-8-10-23(12-15)18(25)20-11-17-22-21-16-3-1-2-9-24(16)17/h1-7,9,15H,8,10-12H2,(H,20,25). The molecule has 1 saturated heterocycles. The molecule has 1 aliphatic rings. The van der Waals surface area contributed by atoms with Gasteiger partial charge in [-0.25, -0.2) is 4.79 Å². The lowest BCUT2D eigenvalue weighted by atomic mass is 10.3. The zero-order chi connectivity index (χ0) is 17.9. The number of hydrogen-bond donors (Lipinski definition) is 1. The van der Waals surface area contributed by atoms with E-state index < -0.39 is 0 Å². The van der Waals surface area contributed by atoms with Gasteiger partial charge in [0.1, 0.15) is 11.9 Å². The van der Waals surface area contributed by atoms with E-state index in [4.69, 9.17) is 16.3 Å². The summed E-state index contributed by atoms with van der Waals surface area (Å²) >= 11 is 5.88. The van der Waals surface area contributed by atoms with Crippen LogP contribution in [-0.4, -0.2) is 44.7 Å². The van der Waals surface area contributed by atoms with Crippen LogP contribution in [0.25, 0.3) is 5.65 Å². The molecular formula is C18H18ClN5O2. The molecule has 26 heavy (non-hydrogen) atoms. The number of fused-ring (bicyclic) bond motifs is 1. The number of benzene rings is 1. The molecule has 3 aromatic rings. The number of urea groups is 1. The lowest BCUT2D eigenvalue weighted by molar-refractivity contribution is 0.186. The second-order valence-corrected chi connectivity index (χ2v) is 6.57. The smallest absolute Gasteiger partial charge is 0.317 e. The van der Waals surface area contributed by atoms with E-state index in [1.54, 1.807) is 17.0 Å². The maximum absolute atomic E-state index is 12.4. The molecule has 1 atom stereocenters. The normalized spacial score (nSPS) is 16.8. The molecule has 0 radical (unpaired) electrons. The number of rotatable bonds is 4. The highest BCUT2D eigenvalue weighted by Crippen LogP contribution is 2.20. The van der Waals surface area contributed by atoms with E-state index in [-0.39, 0.29) is 12.1 Å². The van der Waals surface area contributed by atoms with Crippen LogP contribution in [0.15, 0.2) is 48.7 Å². The van der Waals surface area contributed by atoms with Crippen molar-refractivity contribution in [1.82, 2.24) is 24.8 Å². The molecule has 8 heteroatoms. The average molecular weight is 372 g/mol. The number of halogens is 1. The van der Waals surface area contributed by atoms with E-state index >= 15 is 0 Å². The second kappa shape index (κ2) is 7.21. The van der Waals surface area contributed by atoms with Gasteiger partial charge < -0.3 is 15.0 Å². The van der Waals surface area contributed by atoms with Crippen molar-refractivity contribution in [3.05, 3.63) is 59.5 Å². The Morgan fingerprint density at radius 2 is 2.08 bits per heavy atom. The number of aromatic nitrogens is 3. The van der Waals surface area contributed by atoms with Gasteiger partial charge in [0.15, 0.2) is 11.5 Å². The molecule has 0 saturated carbocycles. The zero-order valence-electron chi connectivity index (χ0n) is 14.0. The van der Waals surface area contributed by atoms with Crippen LogP contribution in [-0.2, 0) is 6.54 Å². The number of hydrogen-bond acceptors (Lipinski definition) is 4. The van der Waals surface area contributed by atoms with Gasteiger partial charge in [0, 0.05) is 24.2 Å². The Balaban J connectivity index is 1.31. The first-order chi connectivity index (χ1) is 12.7. The van der Waals surface area contributed by atoms with Crippen LogP contribution in [0.5, 0.6) is 5.75 Å². The van der Waals surface area contributed by atoms with Crippen molar-refractivity contribution < 1.29 is 9.53 Å². The van der Waals surface area contributed by atoms with Crippen molar-refractivity contribution in [2.45, 2.75) is 19.1 Å². The van der Waals surface area contributed by atoms with E-state index in [1.807, 2.05) is 40.9 Å². The third-order valence-corrected chi connectivity index (χ3v) is 4.58. The molecule has 7 nitrogen and oxygen atoms in total. The lowest BCUT2D eigenvalue weighted by Crippen LogP contribution is -2.39. The molecule has 0 aliphatic carbocycles. The molecule has 2 aromatic heterocycles. The number of carbonyl (C=O) groups is 1. The van der Waals surface area contributed by atoms with E-state index in [0.717, 1.165) is 17.8 Å². The Morgan fingerprint density at radius 3 is 2.92 bits per heavy atom. The first-order valence-corrected chi connectivity index (χ1v) is 8.80. The summed E-state index contributed by atoms with van der Waals surface area (Å²) < 4.78 is 7.77. The summed E-state index contributed by atoms with van der Waals surface area (Å²) in [6.07, 6.45) is 2.66. The Hall–Kier alpha value is -2.80. The molecule has 2 amide bonds. The topological polar surface area (TPSA) is 71.8 Å². The van der Waals surface area contributed by atoms with Gasteiger partial charge in [0.25, 0.3) is 0 Å². The highest BCUT2D eigenvalue weighted by atomic mass is 35.5. The molecule has 0 spiro atoms. The molecule has 134 valence electrons. The van der Waals surface area contributed by atoms with Gasteiger partial charge >= 0.3 is 6.03 Å². The van der Waals surface area contributed by atoms with E-state index in [2.05, 4.69) is 15.5 Å². The van der Waals surface area contributed by atoms with Gasteiger partial charge in [0.2, 0.25) is 0 Å². The van der Waals surface area contributed by atoms with Crippen molar-refractivity contribution in [3.8, 4) is 5.75 Å². The molecule has 1 aliphatic heterocycles. The molecule has 4 rings (SSSR count). The number of ether oxygens (including phenoxy) is 1. The van der Waals surface area contributed by atoms with Gasteiger partial charge in [-0.15, -0.1) is 10.2 Å². The zero-order valence-corrected chi connectivity index (χ0v) is 14.8. The first-order valence-electron chi connectivity index (χ1n) is 8.43. The third kappa shape index (κ3) is 3.57. The van der Waals surface area contributed by atoms with Crippen LogP contribution in [0.4, 0.5) is 4.79 Å². The van der Waals surface area contributed by atoms with Crippen molar-refractivity contribution in [1.29, 1.82) is 0 Å². The van der Waals surface area contributed by atoms with E-state index in [1.165, 1.54) is 0 Å². The van der Waals surface area contributed by atoms with E-state index in [0.29, 0.717) is 30.5 Å². The number of likely N-dealkylation sites (tertiary alicyclic amines) is 1. The number of nitrogens with zero attached hydrogens (tertiary/aromatic N) is 4. The summed E-state index contributed by atoms with van der Waals surface area (Å²) in [7, 11) is 0. The summed E-state index contributed by atoms with van der Waals surface area (Å²) in [6.45, 7) is 1.53. The Kier molecular flexibility index (Phi) is 4.62. The monoisotopic (exact) mass is 371 g/mol. The predicted molar refractivity (Wildman–Crippen MR) is 97.3 cm³/mol. The Bertz CT molecular complexity index is 911. The van der Waals surface area contributed by atoms with E-state index in [9.17, 15) is 4.79 Å². The Labute approximate surface area is 155 Å². The highest BCUT2D eigenvalue weighted by Gasteiger charge is 2.27. The fourth-order valence-corrected chi connectivity index (χ4v) is 3.12. The minimum Gasteiger partial charge on any atom is -0.489 e. The van der Waals surface area contributed by atoms with Gasteiger partial charge in [-0.1, -0.05) is 17.7 Å². The minimum absolute atomic E-state index is 0.0177. The fraction of sp³-hybridized carbons (Fsp3) is 0.278. The summed E-state index contributed by atoms with van der Waals surface area (Å²) in [5.41, 5.74) is 0.759. The Morgan fingerprint density at radius 1 is 1.23 bits per heavy atom. The number of pyridine rings is 1. The third-order valence-electron chi connectivity index (χ3n) is 4.33. The molecule has 1 aromatic carbocycles. The van der Waals surface area contributed by atoms with Gasteiger partial charge in [-0.3, -0.25) is 4.40 Å². The summed E-state index contributed by atoms with van der Waals surface area (Å²) in [5, 5.41) is 11.8. The van der Waals surface area contributed by atoms with Crippen LogP contribution in [0.1, 0.15) is 12.2 Å². The largest absolute Gasteiger partial charge is 0.489 e. The maximum Gasteiger partial charge on any atom is 0.317 e. The second-order valence-electron chi connectivity index (χ2n) is 6.13. The molecular weight excluding hydrogens is 354 g/mol. The average Bonchev–Trinajstić information content (AvgIpc) is 3.29. The lowest BCUT2D eigenvalue weighted by Gasteiger charge is -2.17. The van der Waals surface area contributed by atoms with Crippen molar-refractivity contribution in [3.63, 3.8) is 0 Å².